The van der Waals surface area contributed by atoms with Crippen molar-refractivity contribution in [1.82, 2.24) is 19.9 Å². The largest absolute Gasteiger partial charge is 0.350 e. The number of aromatic amines is 1. The van der Waals surface area contributed by atoms with Crippen LogP contribution in [-0.4, -0.2) is 39.4 Å². The number of carbonyl (C=O) groups is 1. The summed E-state index contributed by atoms with van der Waals surface area (Å²) >= 11 is 0. The fourth-order valence-corrected chi connectivity index (χ4v) is 2.80. The van der Waals surface area contributed by atoms with Gasteiger partial charge in [-0.25, -0.2) is 15.0 Å². The molecule has 0 fully saturated rings. The molecule has 0 unspecified atom stereocenters. The third kappa shape index (κ3) is 2.99. The predicted molar refractivity (Wildman–Crippen MR) is 97.5 cm³/mol. The lowest BCUT2D eigenvalue weighted by atomic mass is 10.2. The second kappa shape index (κ2) is 6.20. The molecule has 1 amide bonds. The van der Waals surface area contributed by atoms with Crippen LogP contribution in [0.2, 0.25) is 0 Å². The first-order valence-corrected chi connectivity index (χ1v) is 7.84. The van der Waals surface area contributed by atoms with E-state index in [2.05, 4.69) is 25.3 Å². The smallest absolute Gasteiger partial charge is 0.243 e. The molecule has 0 aliphatic rings. The van der Waals surface area contributed by atoms with Crippen LogP contribution >= 0.6 is 0 Å². The fourth-order valence-electron chi connectivity index (χ4n) is 2.80. The summed E-state index contributed by atoms with van der Waals surface area (Å²) in [6.07, 6.45) is 3.14. The van der Waals surface area contributed by atoms with E-state index in [0.29, 0.717) is 0 Å². The zero-order chi connectivity index (χ0) is 17.2. The van der Waals surface area contributed by atoms with Crippen molar-refractivity contribution in [2.75, 3.05) is 23.8 Å². The molecule has 4 rings (SSSR count). The molecule has 2 N–H and O–H groups in total. The average molecular weight is 332 g/mol. The number of hydrogen-bond acceptors (Lipinski definition) is 5. The SMILES string of the molecule is CN(CC(=O)Nc1ccc2nc[nH]c2c1)c1ncnc2ccccc12. The van der Waals surface area contributed by atoms with E-state index in [1.165, 1.54) is 6.33 Å². The van der Waals surface area contributed by atoms with Crippen molar-refractivity contribution in [3.8, 4) is 0 Å². The molecule has 0 spiro atoms. The summed E-state index contributed by atoms with van der Waals surface area (Å²) in [5.74, 6) is 0.605. The number of nitrogens with one attached hydrogen (secondary N) is 2. The second-order valence-electron chi connectivity index (χ2n) is 5.75. The van der Waals surface area contributed by atoms with Gasteiger partial charge in [-0.2, -0.15) is 0 Å². The van der Waals surface area contributed by atoms with Gasteiger partial charge in [0.15, 0.2) is 0 Å². The number of imidazole rings is 1. The van der Waals surface area contributed by atoms with Crippen LogP contribution in [0.15, 0.2) is 55.1 Å². The number of rotatable bonds is 4. The van der Waals surface area contributed by atoms with Gasteiger partial charge in [-0.1, -0.05) is 12.1 Å². The summed E-state index contributed by atoms with van der Waals surface area (Å²) in [4.78, 5) is 30.0. The van der Waals surface area contributed by atoms with Crippen LogP contribution in [0.25, 0.3) is 21.9 Å². The van der Waals surface area contributed by atoms with Gasteiger partial charge in [0.2, 0.25) is 5.91 Å². The van der Waals surface area contributed by atoms with E-state index in [4.69, 9.17) is 0 Å². The molecule has 0 bridgehead atoms. The van der Waals surface area contributed by atoms with Gasteiger partial charge < -0.3 is 15.2 Å². The van der Waals surface area contributed by atoms with Crippen LogP contribution in [0.3, 0.4) is 0 Å². The molecule has 2 heterocycles. The molecular formula is C18H16N6O. The quantitative estimate of drug-likeness (QED) is 0.600. The van der Waals surface area contributed by atoms with Crippen molar-refractivity contribution in [3.05, 3.63) is 55.1 Å². The highest BCUT2D eigenvalue weighted by molar-refractivity contribution is 5.97. The van der Waals surface area contributed by atoms with E-state index in [0.717, 1.165) is 33.4 Å². The summed E-state index contributed by atoms with van der Waals surface area (Å²) in [5.41, 5.74) is 3.32. The van der Waals surface area contributed by atoms with Crippen molar-refractivity contribution >= 4 is 39.3 Å². The van der Waals surface area contributed by atoms with E-state index < -0.39 is 0 Å². The van der Waals surface area contributed by atoms with E-state index in [9.17, 15) is 4.79 Å². The molecule has 0 aliphatic heterocycles. The first-order valence-electron chi connectivity index (χ1n) is 7.84. The van der Waals surface area contributed by atoms with Gasteiger partial charge in [-0.3, -0.25) is 4.79 Å². The molecule has 0 aliphatic carbocycles. The molecule has 4 aromatic rings. The van der Waals surface area contributed by atoms with E-state index in [-0.39, 0.29) is 12.5 Å². The third-order valence-electron chi connectivity index (χ3n) is 3.97. The number of aromatic nitrogens is 4. The van der Waals surface area contributed by atoms with Crippen molar-refractivity contribution in [2.45, 2.75) is 0 Å². The lowest BCUT2D eigenvalue weighted by molar-refractivity contribution is -0.114. The summed E-state index contributed by atoms with van der Waals surface area (Å²) in [5, 5.41) is 3.82. The number of carbonyl (C=O) groups excluding carboxylic acids is 1. The van der Waals surface area contributed by atoms with Crippen LogP contribution in [0.4, 0.5) is 11.5 Å². The zero-order valence-electron chi connectivity index (χ0n) is 13.6. The average Bonchev–Trinajstić information content (AvgIpc) is 3.08. The van der Waals surface area contributed by atoms with Crippen molar-refractivity contribution in [1.29, 1.82) is 0 Å². The first kappa shape index (κ1) is 15.1. The molecule has 124 valence electrons. The minimum Gasteiger partial charge on any atom is -0.350 e. The zero-order valence-corrected chi connectivity index (χ0v) is 13.6. The maximum Gasteiger partial charge on any atom is 0.243 e. The van der Waals surface area contributed by atoms with Crippen molar-refractivity contribution in [2.24, 2.45) is 0 Å². The van der Waals surface area contributed by atoms with E-state index >= 15 is 0 Å². The third-order valence-corrected chi connectivity index (χ3v) is 3.97. The Kier molecular flexibility index (Phi) is 3.74. The lowest BCUT2D eigenvalue weighted by Gasteiger charge is -2.19. The molecule has 0 saturated carbocycles. The summed E-state index contributed by atoms with van der Waals surface area (Å²) in [6, 6.07) is 13.3. The Morgan fingerprint density at radius 1 is 1.12 bits per heavy atom. The fraction of sp³-hybridized carbons (Fsp3) is 0.111. The Bertz CT molecular complexity index is 1050. The Hall–Kier alpha value is -3.48. The molecule has 2 aromatic heterocycles. The number of para-hydroxylation sites is 1. The maximum absolute atomic E-state index is 12.4. The number of anilines is 2. The van der Waals surface area contributed by atoms with Crippen molar-refractivity contribution in [3.63, 3.8) is 0 Å². The Labute approximate surface area is 143 Å². The highest BCUT2D eigenvalue weighted by Gasteiger charge is 2.12. The number of likely N-dealkylation sites (N-methyl/N-ethyl adjacent to an activating group) is 1. The van der Waals surface area contributed by atoms with Crippen LogP contribution < -0.4 is 10.2 Å². The second-order valence-corrected chi connectivity index (χ2v) is 5.75. The Morgan fingerprint density at radius 3 is 2.92 bits per heavy atom. The molecule has 7 heteroatoms. The van der Waals surface area contributed by atoms with Crippen LogP contribution in [0.1, 0.15) is 0 Å². The van der Waals surface area contributed by atoms with E-state index in [1.807, 2.05) is 54.4 Å². The van der Waals surface area contributed by atoms with Gasteiger partial charge >= 0.3 is 0 Å². The van der Waals surface area contributed by atoms with E-state index in [1.54, 1.807) is 6.33 Å². The number of H-pyrrole nitrogens is 1. The van der Waals surface area contributed by atoms with Crippen LogP contribution in [0, 0.1) is 0 Å². The molecule has 25 heavy (non-hydrogen) atoms. The van der Waals surface area contributed by atoms with Gasteiger partial charge in [0.1, 0.15) is 12.1 Å². The van der Waals surface area contributed by atoms with Gasteiger partial charge in [0.05, 0.1) is 29.4 Å². The van der Waals surface area contributed by atoms with Gasteiger partial charge in [-0.15, -0.1) is 0 Å². The highest BCUT2D eigenvalue weighted by Crippen LogP contribution is 2.21. The van der Waals surface area contributed by atoms with Crippen LogP contribution in [-0.2, 0) is 4.79 Å². The van der Waals surface area contributed by atoms with Crippen LogP contribution in [0.5, 0.6) is 0 Å². The molecular weight excluding hydrogens is 316 g/mol. The summed E-state index contributed by atoms with van der Waals surface area (Å²) < 4.78 is 0. The number of nitrogens with zero attached hydrogens (tertiary/aromatic N) is 4. The molecule has 2 aromatic carbocycles. The Balaban J connectivity index is 1.51. The maximum atomic E-state index is 12.4. The molecule has 7 nitrogen and oxygen atoms in total. The minimum absolute atomic E-state index is 0.121. The monoisotopic (exact) mass is 332 g/mol. The number of fused-ring (bicyclic) bond motifs is 2. The number of amides is 1. The minimum atomic E-state index is -0.121. The molecule has 0 saturated heterocycles. The number of hydrogen-bond donors (Lipinski definition) is 2. The standard InChI is InChI=1S/C18H16N6O/c1-24(18-13-4-2-3-5-14(13)19-11-22-18)9-17(25)23-12-6-7-15-16(8-12)21-10-20-15/h2-8,10-11H,9H2,1H3,(H,20,21)(H,23,25). The normalized spacial score (nSPS) is 10.9. The van der Waals surface area contributed by atoms with Crippen molar-refractivity contribution < 1.29 is 4.79 Å². The topological polar surface area (TPSA) is 86.8 Å². The number of benzene rings is 2. The first-order chi connectivity index (χ1) is 12.2. The molecule has 0 radical (unpaired) electrons. The highest BCUT2D eigenvalue weighted by atomic mass is 16.2. The Morgan fingerprint density at radius 2 is 2.00 bits per heavy atom. The van der Waals surface area contributed by atoms with Gasteiger partial charge in [-0.05, 0) is 30.3 Å². The summed E-state index contributed by atoms with van der Waals surface area (Å²) in [7, 11) is 1.84. The summed E-state index contributed by atoms with van der Waals surface area (Å²) in [6.45, 7) is 0.183. The van der Waals surface area contributed by atoms with Gasteiger partial charge in [0.25, 0.3) is 0 Å². The lowest BCUT2D eigenvalue weighted by Crippen LogP contribution is -2.30. The predicted octanol–water partition coefficient (Wildman–Crippen LogP) is 2.58. The van der Waals surface area contributed by atoms with Gasteiger partial charge in [0, 0.05) is 18.1 Å². The molecule has 0 atom stereocenters.